The van der Waals surface area contributed by atoms with E-state index in [1.165, 1.54) is 48.5 Å². The van der Waals surface area contributed by atoms with Gasteiger partial charge in [-0.2, -0.15) is 0 Å². The number of ketones is 2. The summed E-state index contributed by atoms with van der Waals surface area (Å²) in [6.45, 7) is -0.315. The third-order valence-electron chi connectivity index (χ3n) is 6.85. The fourth-order valence-electron chi connectivity index (χ4n) is 4.58. The van der Waals surface area contributed by atoms with Gasteiger partial charge in [0.05, 0.1) is 27.2 Å². The summed E-state index contributed by atoms with van der Waals surface area (Å²) in [5.74, 6) is -7.61. The van der Waals surface area contributed by atoms with Gasteiger partial charge in [-0.3, -0.25) is 19.7 Å². The third kappa shape index (κ3) is 6.33. The molecule has 0 amide bonds. The first-order valence-electron chi connectivity index (χ1n) is 13.7. The fourth-order valence-corrected chi connectivity index (χ4v) is 4.58. The molecule has 5 aromatic carbocycles. The lowest BCUT2D eigenvalue weighted by atomic mass is 9.88. The Hall–Kier alpha value is -6.62. The minimum absolute atomic E-state index is 0.00670. The van der Waals surface area contributed by atoms with Gasteiger partial charge in [-0.25, -0.2) is 9.59 Å². The van der Waals surface area contributed by atoms with Crippen molar-refractivity contribution in [3.8, 4) is 17.2 Å². The van der Waals surface area contributed by atoms with Crippen LogP contribution in [0.1, 0.15) is 58.1 Å². The predicted molar refractivity (Wildman–Crippen MR) is 163 cm³/mol. The van der Waals surface area contributed by atoms with E-state index in [2.05, 4.69) is 0 Å². The molecule has 5 rings (SSSR count). The van der Waals surface area contributed by atoms with Gasteiger partial charge in [-0.1, -0.05) is 78.9 Å². The molecule has 2 N–H and O–H groups in total. The number of non-ortho nitro benzene ring substituents is 1. The average molecular weight is 618 g/mol. The summed E-state index contributed by atoms with van der Waals surface area (Å²) in [4.78, 5) is 65.6. The van der Waals surface area contributed by atoms with Gasteiger partial charge >= 0.3 is 11.9 Å². The Balaban J connectivity index is 1.77. The Labute approximate surface area is 261 Å². The second-order valence-electron chi connectivity index (χ2n) is 9.80. The maximum atomic E-state index is 14.2. The monoisotopic (exact) mass is 617 g/mol. The van der Waals surface area contributed by atoms with Gasteiger partial charge in [-0.15, -0.1) is 0 Å². The van der Waals surface area contributed by atoms with E-state index >= 15 is 0 Å². The van der Waals surface area contributed by atoms with E-state index in [0.717, 1.165) is 24.3 Å². The first kappa shape index (κ1) is 30.8. The Morgan fingerprint density at radius 3 is 1.65 bits per heavy atom. The van der Waals surface area contributed by atoms with E-state index in [0.29, 0.717) is 5.56 Å². The number of carbonyl (C=O) groups is 4. The van der Waals surface area contributed by atoms with Crippen molar-refractivity contribution in [2.45, 2.75) is 6.61 Å². The van der Waals surface area contributed by atoms with Crippen molar-refractivity contribution in [2.75, 3.05) is 0 Å². The first-order chi connectivity index (χ1) is 22.2. The molecule has 11 heteroatoms. The standard InChI is InChI=1S/C35H23NO10/c37-29(22-12-6-2-7-13-22)27-26(35(42)45-20-21-10-4-1-5-11-21)28(30(38)23-16-18-25(19-17-23)36(43)44)33(32(40)31(27)39)46-34(41)24-14-8-3-9-15-24/h1-19,39-40H,20H2. The molecule has 0 aliphatic carbocycles. The van der Waals surface area contributed by atoms with Crippen LogP contribution >= 0.6 is 0 Å². The van der Waals surface area contributed by atoms with Gasteiger partial charge in [0.2, 0.25) is 5.75 Å². The van der Waals surface area contributed by atoms with E-state index in [1.54, 1.807) is 42.5 Å². The predicted octanol–water partition coefficient (Wildman–Crippen LogP) is 6.04. The van der Waals surface area contributed by atoms with Crippen LogP contribution in [0.2, 0.25) is 0 Å². The van der Waals surface area contributed by atoms with Crippen molar-refractivity contribution >= 4 is 29.2 Å². The SMILES string of the molecule is O=C(Oc1c(O)c(O)c(C(=O)c2ccccc2)c(C(=O)OCc2ccccc2)c1C(=O)c1ccc([N+](=O)[O-])cc1)c1ccccc1. The van der Waals surface area contributed by atoms with Crippen molar-refractivity contribution < 1.29 is 43.8 Å². The van der Waals surface area contributed by atoms with Crippen molar-refractivity contribution in [1.29, 1.82) is 0 Å². The van der Waals surface area contributed by atoms with Gasteiger partial charge < -0.3 is 19.7 Å². The molecular formula is C35H23NO10. The van der Waals surface area contributed by atoms with Crippen molar-refractivity contribution in [3.05, 3.63) is 164 Å². The molecule has 0 atom stereocenters. The number of rotatable bonds is 10. The first-order valence-corrected chi connectivity index (χ1v) is 13.7. The molecule has 5 aromatic rings. The molecule has 0 fully saturated rings. The lowest BCUT2D eigenvalue weighted by Gasteiger charge is -2.20. The zero-order chi connectivity index (χ0) is 32.8. The number of aromatic hydroxyl groups is 2. The minimum Gasteiger partial charge on any atom is -0.504 e. The summed E-state index contributed by atoms with van der Waals surface area (Å²) in [7, 11) is 0. The molecule has 0 bridgehead atoms. The summed E-state index contributed by atoms with van der Waals surface area (Å²) < 4.78 is 10.9. The number of benzene rings is 5. The molecule has 46 heavy (non-hydrogen) atoms. The lowest BCUT2D eigenvalue weighted by Crippen LogP contribution is -2.21. The molecule has 0 saturated carbocycles. The van der Waals surface area contributed by atoms with Crippen LogP contribution in [0.4, 0.5) is 5.69 Å². The molecule has 0 saturated heterocycles. The highest BCUT2D eigenvalue weighted by Crippen LogP contribution is 2.46. The number of ether oxygens (including phenoxy) is 2. The number of nitrogens with zero attached hydrogens (tertiary/aromatic N) is 1. The molecule has 228 valence electrons. The van der Waals surface area contributed by atoms with E-state index in [9.17, 15) is 39.5 Å². The molecule has 0 radical (unpaired) electrons. The fraction of sp³-hybridized carbons (Fsp3) is 0.0286. The van der Waals surface area contributed by atoms with Crippen LogP contribution < -0.4 is 4.74 Å². The smallest absolute Gasteiger partial charge is 0.343 e. The van der Waals surface area contributed by atoms with E-state index < -0.39 is 62.4 Å². The number of hydrogen-bond donors (Lipinski definition) is 2. The van der Waals surface area contributed by atoms with Gasteiger partial charge in [0.25, 0.3) is 5.69 Å². The Kier molecular flexibility index (Phi) is 8.95. The number of phenolic OH excluding ortho intramolecular Hbond substituents is 2. The number of hydrogen-bond acceptors (Lipinski definition) is 10. The van der Waals surface area contributed by atoms with E-state index in [4.69, 9.17) is 9.47 Å². The molecule has 11 nitrogen and oxygen atoms in total. The van der Waals surface area contributed by atoms with Crippen LogP contribution in [0.3, 0.4) is 0 Å². The quantitative estimate of drug-likeness (QED) is 0.0470. The Morgan fingerprint density at radius 1 is 0.587 bits per heavy atom. The third-order valence-corrected chi connectivity index (χ3v) is 6.85. The van der Waals surface area contributed by atoms with Crippen LogP contribution in [0.25, 0.3) is 0 Å². The van der Waals surface area contributed by atoms with Crippen LogP contribution in [-0.4, -0.2) is 38.6 Å². The lowest BCUT2D eigenvalue weighted by molar-refractivity contribution is -0.384. The summed E-state index contributed by atoms with van der Waals surface area (Å²) >= 11 is 0. The molecule has 0 aliphatic rings. The number of esters is 2. The van der Waals surface area contributed by atoms with Crippen molar-refractivity contribution in [1.82, 2.24) is 0 Å². The maximum Gasteiger partial charge on any atom is 0.343 e. The molecular weight excluding hydrogens is 594 g/mol. The maximum absolute atomic E-state index is 14.2. The second-order valence-corrected chi connectivity index (χ2v) is 9.80. The number of phenols is 2. The second kappa shape index (κ2) is 13.3. The summed E-state index contributed by atoms with van der Waals surface area (Å²) in [6.07, 6.45) is 0. The molecule has 0 aliphatic heterocycles. The van der Waals surface area contributed by atoms with Crippen LogP contribution in [0, 0.1) is 10.1 Å². The van der Waals surface area contributed by atoms with Crippen LogP contribution in [-0.2, 0) is 11.3 Å². The number of nitro groups is 1. The summed E-state index contributed by atoms with van der Waals surface area (Å²) in [5.41, 5.74) is -2.42. The van der Waals surface area contributed by atoms with Gasteiger partial charge in [-0.05, 0) is 29.8 Å². The highest BCUT2D eigenvalue weighted by molar-refractivity contribution is 6.24. The highest BCUT2D eigenvalue weighted by Gasteiger charge is 2.37. The Bertz CT molecular complexity index is 1960. The van der Waals surface area contributed by atoms with Crippen molar-refractivity contribution in [3.63, 3.8) is 0 Å². The van der Waals surface area contributed by atoms with Gasteiger partial charge in [0.15, 0.2) is 23.1 Å². The van der Waals surface area contributed by atoms with Crippen LogP contribution in [0.5, 0.6) is 17.2 Å². The number of nitro benzene ring substituents is 1. The van der Waals surface area contributed by atoms with Crippen LogP contribution in [0.15, 0.2) is 115 Å². The topological polar surface area (TPSA) is 170 Å². The number of carbonyl (C=O) groups excluding carboxylic acids is 4. The normalized spacial score (nSPS) is 10.5. The molecule has 0 unspecified atom stereocenters. The van der Waals surface area contributed by atoms with E-state index in [1.807, 2.05) is 0 Å². The summed E-state index contributed by atoms with van der Waals surface area (Å²) in [5, 5.41) is 33.7. The van der Waals surface area contributed by atoms with Crippen molar-refractivity contribution in [2.24, 2.45) is 0 Å². The molecule has 0 spiro atoms. The molecule has 0 heterocycles. The zero-order valence-electron chi connectivity index (χ0n) is 23.8. The average Bonchev–Trinajstić information content (AvgIpc) is 3.09. The van der Waals surface area contributed by atoms with E-state index in [-0.39, 0.29) is 29.0 Å². The van der Waals surface area contributed by atoms with Gasteiger partial charge in [0, 0.05) is 23.3 Å². The Morgan fingerprint density at radius 2 is 1.09 bits per heavy atom. The zero-order valence-corrected chi connectivity index (χ0v) is 23.8. The minimum atomic E-state index is -1.26. The molecule has 0 aromatic heterocycles. The largest absolute Gasteiger partial charge is 0.504 e. The van der Waals surface area contributed by atoms with Gasteiger partial charge in [0.1, 0.15) is 6.61 Å². The summed E-state index contributed by atoms with van der Waals surface area (Å²) in [6, 6.07) is 27.6. The highest BCUT2D eigenvalue weighted by atomic mass is 16.6.